The maximum atomic E-state index is 11.5. The third kappa shape index (κ3) is 2.01. The van der Waals surface area contributed by atoms with Crippen LogP contribution in [0.4, 0.5) is 0 Å². The highest BCUT2D eigenvalue weighted by molar-refractivity contribution is 5.76. The Hall–Kier alpha value is -0.850. The predicted molar refractivity (Wildman–Crippen MR) is 95.0 cm³/mol. The average Bonchev–Trinajstić information content (AvgIpc) is 2.79. The van der Waals surface area contributed by atoms with Gasteiger partial charge in [-0.3, -0.25) is 4.79 Å². The summed E-state index contributed by atoms with van der Waals surface area (Å²) in [5.41, 5.74) is 5.05. The Morgan fingerprint density at radius 1 is 1.09 bits per heavy atom. The van der Waals surface area contributed by atoms with Crippen LogP contribution in [-0.2, 0) is 4.79 Å². The Morgan fingerprint density at radius 2 is 1.83 bits per heavy atom. The van der Waals surface area contributed by atoms with Crippen molar-refractivity contribution in [3.63, 3.8) is 0 Å². The summed E-state index contributed by atoms with van der Waals surface area (Å²) in [5, 5.41) is 0. The van der Waals surface area contributed by atoms with Gasteiger partial charge in [0.25, 0.3) is 0 Å². The molecule has 2 saturated carbocycles. The van der Waals surface area contributed by atoms with Crippen LogP contribution in [0.1, 0.15) is 72.6 Å². The van der Waals surface area contributed by atoms with Gasteiger partial charge in [-0.05, 0) is 91.9 Å². The van der Waals surface area contributed by atoms with Gasteiger partial charge < -0.3 is 0 Å². The van der Waals surface area contributed by atoms with E-state index in [4.69, 9.17) is 0 Å². The Kier molecular flexibility index (Phi) is 3.45. The fraction of sp³-hybridized carbons (Fsp3) is 0.773. The van der Waals surface area contributed by atoms with Gasteiger partial charge in [0.05, 0.1) is 0 Å². The molecule has 0 saturated heterocycles. The first kappa shape index (κ1) is 15.7. The smallest absolute Gasteiger partial charge is 0.145 e. The number of carbonyl (C=O) groups is 1. The molecule has 1 nitrogen and oxygen atoms in total. The minimum absolute atomic E-state index is 0.293. The van der Waals surface area contributed by atoms with Gasteiger partial charge in [-0.1, -0.05) is 38.0 Å². The van der Waals surface area contributed by atoms with Crippen molar-refractivity contribution in [2.24, 2.45) is 34.5 Å². The second kappa shape index (κ2) is 5.07. The van der Waals surface area contributed by atoms with Crippen LogP contribution < -0.4 is 0 Å². The van der Waals surface area contributed by atoms with Crippen molar-refractivity contribution in [3.05, 3.63) is 22.8 Å². The zero-order valence-corrected chi connectivity index (χ0v) is 15.3. The van der Waals surface area contributed by atoms with Gasteiger partial charge in [0.2, 0.25) is 0 Å². The van der Waals surface area contributed by atoms with Gasteiger partial charge in [-0.25, -0.2) is 0 Å². The number of rotatable bonds is 1. The van der Waals surface area contributed by atoms with E-state index in [0.717, 1.165) is 36.0 Å². The normalized spacial score (nSPS) is 49.1. The second-order valence-electron chi connectivity index (χ2n) is 9.54. The molecule has 0 N–H and O–H groups in total. The average molecular weight is 312 g/mol. The number of fused-ring (bicyclic) bond motifs is 5. The van der Waals surface area contributed by atoms with Gasteiger partial charge in [0, 0.05) is 0 Å². The molecular formula is C22H32O. The van der Waals surface area contributed by atoms with Crippen LogP contribution in [0.3, 0.4) is 0 Å². The summed E-state index contributed by atoms with van der Waals surface area (Å²) >= 11 is 0. The SMILES string of the molecule is CC1=C(C=O)CC2C3CC=C4C[C@@H](C)CC[C@]4(C)C3CC[C@]12C. The van der Waals surface area contributed by atoms with Crippen LogP contribution in [0.25, 0.3) is 0 Å². The maximum Gasteiger partial charge on any atom is 0.145 e. The van der Waals surface area contributed by atoms with Gasteiger partial charge >= 0.3 is 0 Å². The lowest BCUT2D eigenvalue weighted by atomic mass is 9.47. The van der Waals surface area contributed by atoms with Crippen LogP contribution >= 0.6 is 0 Å². The Labute approximate surface area is 141 Å². The zero-order chi connectivity index (χ0) is 16.4. The molecule has 0 aromatic heterocycles. The van der Waals surface area contributed by atoms with E-state index in [1.807, 2.05) is 0 Å². The highest BCUT2D eigenvalue weighted by Crippen LogP contribution is 2.65. The molecule has 0 heterocycles. The monoisotopic (exact) mass is 312 g/mol. The van der Waals surface area contributed by atoms with Crippen molar-refractivity contribution in [2.45, 2.75) is 72.6 Å². The molecule has 4 aliphatic rings. The van der Waals surface area contributed by atoms with E-state index in [1.165, 1.54) is 44.1 Å². The molecule has 2 fully saturated rings. The number of hydrogen-bond acceptors (Lipinski definition) is 1. The summed E-state index contributed by atoms with van der Waals surface area (Å²) in [4.78, 5) is 11.5. The number of hydrogen-bond donors (Lipinski definition) is 0. The number of aldehydes is 1. The Bertz CT molecular complexity index is 597. The van der Waals surface area contributed by atoms with Gasteiger partial charge in [-0.15, -0.1) is 0 Å². The molecule has 0 spiro atoms. The molecule has 4 rings (SSSR count). The molecule has 23 heavy (non-hydrogen) atoms. The van der Waals surface area contributed by atoms with Gasteiger partial charge in [0.15, 0.2) is 0 Å². The van der Waals surface area contributed by atoms with Crippen LogP contribution in [0.5, 0.6) is 0 Å². The van der Waals surface area contributed by atoms with Crippen molar-refractivity contribution < 1.29 is 4.79 Å². The van der Waals surface area contributed by atoms with E-state index in [-0.39, 0.29) is 0 Å². The highest BCUT2D eigenvalue weighted by Gasteiger charge is 2.56. The molecule has 1 heteroatoms. The molecule has 0 aromatic rings. The fourth-order valence-electron chi connectivity index (χ4n) is 6.90. The first-order valence-electron chi connectivity index (χ1n) is 9.75. The molecule has 0 aliphatic heterocycles. The summed E-state index contributed by atoms with van der Waals surface area (Å²) in [6, 6.07) is 0. The lowest BCUT2D eigenvalue weighted by Crippen LogP contribution is -2.49. The second-order valence-corrected chi connectivity index (χ2v) is 9.54. The molecule has 126 valence electrons. The predicted octanol–water partition coefficient (Wildman–Crippen LogP) is 5.71. The van der Waals surface area contributed by atoms with E-state index in [0.29, 0.717) is 16.7 Å². The number of allylic oxidation sites excluding steroid dienone is 4. The minimum Gasteiger partial charge on any atom is -0.298 e. The molecule has 6 atom stereocenters. The molecule has 3 unspecified atom stereocenters. The molecule has 0 bridgehead atoms. The Balaban J connectivity index is 1.69. The van der Waals surface area contributed by atoms with E-state index >= 15 is 0 Å². The molecular weight excluding hydrogens is 280 g/mol. The van der Waals surface area contributed by atoms with Crippen molar-refractivity contribution in [2.75, 3.05) is 0 Å². The van der Waals surface area contributed by atoms with Gasteiger partial charge in [-0.2, -0.15) is 0 Å². The van der Waals surface area contributed by atoms with Gasteiger partial charge in [0.1, 0.15) is 6.29 Å². The van der Waals surface area contributed by atoms with Crippen molar-refractivity contribution in [1.82, 2.24) is 0 Å². The quantitative estimate of drug-likeness (QED) is 0.447. The third-order valence-corrected chi connectivity index (χ3v) is 8.66. The van der Waals surface area contributed by atoms with Crippen molar-refractivity contribution >= 4 is 6.29 Å². The minimum atomic E-state index is 0.293. The zero-order valence-electron chi connectivity index (χ0n) is 15.3. The molecule has 0 aromatic carbocycles. The van der Waals surface area contributed by atoms with E-state index < -0.39 is 0 Å². The third-order valence-electron chi connectivity index (χ3n) is 8.66. The van der Waals surface area contributed by atoms with E-state index in [1.54, 1.807) is 5.57 Å². The maximum absolute atomic E-state index is 11.5. The van der Waals surface area contributed by atoms with Crippen LogP contribution in [-0.4, -0.2) is 6.29 Å². The van der Waals surface area contributed by atoms with E-state index in [2.05, 4.69) is 33.8 Å². The molecule has 0 radical (unpaired) electrons. The van der Waals surface area contributed by atoms with Crippen molar-refractivity contribution in [1.29, 1.82) is 0 Å². The van der Waals surface area contributed by atoms with E-state index in [9.17, 15) is 4.79 Å². The molecule has 4 aliphatic carbocycles. The van der Waals surface area contributed by atoms with Crippen molar-refractivity contribution in [3.8, 4) is 0 Å². The largest absolute Gasteiger partial charge is 0.298 e. The van der Waals surface area contributed by atoms with Crippen LogP contribution in [0.2, 0.25) is 0 Å². The number of carbonyl (C=O) groups excluding carboxylic acids is 1. The highest BCUT2D eigenvalue weighted by atomic mass is 16.1. The summed E-state index contributed by atoms with van der Waals surface area (Å²) in [6.07, 6.45) is 12.9. The lowest BCUT2D eigenvalue weighted by molar-refractivity contribution is -0.105. The summed E-state index contributed by atoms with van der Waals surface area (Å²) < 4.78 is 0. The lowest BCUT2D eigenvalue weighted by Gasteiger charge is -2.57. The summed E-state index contributed by atoms with van der Waals surface area (Å²) in [5.74, 6) is 3.22. The van der Waals surface area contributed by atoms with Crippen LogP contribution in [0.15, 0.2) is 22.8 Å². The van der Waals surface area contributed by atoms with Crippen LogP contribution in [0, 0.1) is 34.5 Å². The first-order valence-corrected chi connectivity index (χ1v) is 9.75. The summed E-state index contributed by atoms with van der Waals surface area (Å²) in [7, 11) is 0. The summed E-state index contributed by atoms with van der Waals surface area (Å²) in [6.45, 7) is 9.67. The first-order chi connectivity index (χ1) is 10.9. The topological polar surface area (TPSA) is 17.1 Å². The molecule has 0 amide bonds. The fourth-order valence-corrected chi connectivity index (χ4v) is 6.90. The standard InChI is InChI=1S/C22H32O/c1-14-7-9-22(4)17(11-14)5-6-18-19(22)8-10-21(3)15(2)16(13-23)12-20(18)21/h5,13-14,18-20H,6-12H2,1-4H3/t14-,18?,19?,20?,21+,22-/m0/s1. The Morgan fingerprint density at radius 3 is 2.57 bits per heavy atom.